The van der Waals surface area contributed by atoms with E-state index in [4.69, 9.17) is 18.9 Å². The van der Waals surface area contributed by atoms with Gasteiger partial charge < -0.3 is 18.9 Å². The van der Waals surface area contributed by atoms with Gasteiger partial charge in [0.05, 0.1) is 12.5 Å². The van der Waals surface area contributed by atoms with Gasteiger partial charge >= 0.3 is 5.97 Å². The normalized spacial score (nSPS) is 12.2. The van der Waals surface area contributed by atoms with Crippen LogP contribution in [0.25, 0.3) is 22.0 Å². The molecule has 0 atom stereocenters. The maximum Gasteiger partial charge on any atom is 0.359 e. The summed E-state index contributed by atoms with van der Waals surface area (Å²) in [5.41, 5.74) is 1.39. The molecular weight excluding hydrogens is 520 g/mol. The van der Waals surface area contributed by atoms with Gasteiger partial charge in [-0.05, 0) is 29.8 Å². The number of esters is 1. The molecule has 1 aromatic carbocycles. The van der Waals surface area contributed by atoms with E-state index in [0.717, 1.165) is 12.1 Å². The molecule has 208 valence electrons. The average Bonchev–Trinajstić information content (AvgIpc) is 3.22. The van der Waals surface area contributed by atoms with Crippen molar-refractivity contribution in [3.8, 4) is 16.9 Å². The number of methoxy groups -OCH3 is 1. The van der Waals surface area contributed by atoms with Crippen molar-refractivity contribution < 1.29 is 23.7 Å². The van der Waals surface area contributed by atoms with Crippen LogP contribution in [0.5, 0.6) is 5.75 Å². The summed E-state index contributed by atoms with van der Waals surface area (Å²) < 4.78 is 25.4. The smallest absolute Gasteiger partial charge is 0.359 e. The van der Waals surface area contributed by atoms with Crippen molar-refractivity contribution in [2.24, 2.45) is 7.05 Å². The second kappa shape index (κ2) is 12.4. The molecule has 0 aliphatic carbocycles. The summed E-state index contributed by atoms with van der Waals surface area (Å²) in [6, 6.07) is 5.45. The molecule has 0 radical (unpaired) electrons. The third-order valence-corrected chi connectivity index (χ3v) is 9.34. The Morgan fingerprint density at radius 3 is 2.29 bits per heavy atom. The largest absolute Gasteiger partial charge is 0.465 e. The summed E-state index contributed by atoms with van der Waals surface area (Å²) in [5.74, 6) is -0.189. The van der Waals surface area contributed by atoms with Crippen LogP contribution in [0.3, 0.4) is 0 Å². The van der Waals surface area contributed by atoms with Crippen LogP contribution < -0.4 is 10.3 Å². The number of aromatic nitrogens is 4. The minimum absolute atomic E-state index is 0.0184. The molecule has 0 saturated heterocycles. The van der Waals surface area contributed by atoms with E-state index >= 15 is 0 Å². The Bertz CT molecular complexity index is 1320. The third-order valence-electron chi connectivity index (χ3n) is 5.93. The van der Waals surface area contributed by atoms with E-state index in [2.05, 4.69) is 49.4 Å². The first kappa shape index (κ1) is 29.7. The van der Waals surface area contributed by atoms with Crippen molar-refractivity contribution in [1.29, 1.82) is 0 Å². The molecule has 0 saturated carbocycles. The van der Waals surface area contributed by atoms with Crippen LogP contribution in [-0.2, 0) is 28.0 Å². The van der Waals surface area contributed by atoms with Gasteiger partial charge in [-0.25, -0.2) is 9.78 Å². The summed E-state index contributed by atoms with van der Waals surface area (Å²) in [7, 11) is 0.529. The molecule has 2 heterocycles. The van der Waals surface area contributed by atoms with Crippen LogP contribution >= 0.6 is 0 Å². The Labute approximate surface area is 225 Å². The quantitative estimate of drug-likeness (QED) is 0.129. The molecule has 12 heteroatoms. The Morgan fingerprint density at radius 2 is 1.66 bits per heavy atom. The SMILES string of the molecule is COC(=O)c1nn(C)cc1-c1cc(OCOCC[Si](C)(C)C)c2ncn(COCC[Si](C)(C)C)c(=O)c2c1. The van der Waals surface area contributed by atoms with Crippen LogP contribution in [0.4, 0.5) is 0 Å². The summed E-state index contributed by atoms with van der Waals surface area (Å²) in [4.78, 5) is 30.4. The molecule has 0 amide bonds. The minimum atomic E-state index is -1.25. The molecule has 10 nitrogen and oxygen atoms in total. The van der Waals surface area contributed by atoms with Crippen LogP contribution in [0, 0.1) is 0 Å². The molecule has 0 N–H and O–H groups in total. The highest BCUT2D eigenvalue weighted by molar-refractivity contribution is 6.76. The fraction of sp³-hybridized carbons (Fsp3) is 0.538. The van der Waals surface area contributed by atoms with Gasteiger partial charge in [0, 0.05) is 48.2 Å². The summed E-state index contributed by atoms with van der Waals surface area (Å²) in [6.45, 7) is 15.0. The van der Waals surface area contributed by atoms with Gasteiger partial charge in [0.15, 0.2) is 12.5 Å². The zero-order valence-electron chi connectivity index (χ0n) is 23.8. The highest BCUT2D eigenvalue weighted by Gasteiger charge is 2.21. The predicted molar refractivity (Wildman–Crippen MR) is 153 cm³/mol. The third kappa shape index (κ3) is 8.09. The van der Waals surface area contributed by atoms with Crippen LogP contribution in [0.2, 0.25) is 51.4 Å². The first-order valence-electron chi connectivity index (χ1n) is 12.7. The van der Waals surface area contributed by atoms with Gasteiger partial charge in [-0.3, -0.25) is 14.0 Å². The molecule has 0 aliphatic rings. The lowest BCUT2D eigenvalue weighted by Gasteiger charge is -2.17. The van der Waals surface area contributed by atoms with Gasteiger partial charge in [-0.15, -0.1) is 0 Å². The Balaban J connectivity index is 1.98. The zero-order chi connectivity index (χ0) is 28.1. The Morgan fingerprint density at radius 1 is 1.00 bits per heavy atom. The molecule has 0 unspecified atom stereocenters. The summed E-state index contributed by atoms with van der Waals surface area (Å²) >= 11 is 0. The van der Waals surface area contributed by atoms with E-state index in [0.29, 0.717) is 41.0 Å². The zero-order valence-corrected chi connectivity index (χ0v) is 25.8. The first-order valence-corrected chi connectivity index (χ1v) is 20.1. The molecule has 2 aromatic heterocycles. The number of aryl methyl sites for hydroxylation is 1. The lowest BCUT2D eigenvalue weighted by molar-refractivity contribution is 0.0228. The Kier molecular flexibility index (Phi) is 9.68. The molecule has 0 fully saturated rings. The van der Waals surface area contributed by atoms with E-state index in [1.165, 1.54) is 22.7 Å². The predicted octanol–water partition coefficient (Wildman–Crippen LogP) is 4.59. The second-order valence-electron chi connectivity index (χ2n) is 11.8. The van der Waals surface area contributed by atoms with Gasteiger partial charge in [-0.1, -0.05) is 39.3 Å². The summed E-state index contributed by atoms with van der Waals surface area (Å²) in [5, 5.41) is 4.59. The van der Waals surface area contributed by atoms with Gasteiger partial charge in [0.1, 0.15) is 24.3 Å². The van der Waals surface area contributed by atoms with Crippen LogP contribution in [0.1, 0.15) is 10.5 Å². The van der Waals surface area contributed by atoms with Gasteiger partial charge in [-0.2, -0.15) is 5.10 Å². The lowest BCUT2D eigenvalue weighted by Crippen LogP contribution is -2.25. The van der Waals surface area contributed by atoms with E-state index in [-0.39, 0.29) is 24.8 Å². The van der Waals surface area contributed by atoms with Crippen LogP contribution in [-0.4, -0.2) is 68.6 Å². The van der Waals surface area contributed by atoms with Crippen molar-refractivity contribution in [1.82, 2.24) is 19.3 Å². The molecule has 0 aliphatic heterocycles. The number of nitrogens with zero attached hydrogens (tertiary/aromatic N) is 4. The fourth-order valence-corrected chi connectivity index (χ4v) is 5.14. The van der Waals surface area contributed by atoms with Crippen molar-refractivity contribution in [2.45, 2.75) is 58.1 Å². The number of carbonyl (C=O) groups excluding carboxylic acids is 1. The van der Waals surface area contributed by atoms with Crippen molar-refractivity contribution >= 4 is 33.0 Å². The number of ether oxygens (including phenoxy) is 4. The van der Waals surface area contributed by atoms with Crippen molar-refractivity contribution in [3.63, 3.8) is 0 Å². The lowest BCUT2D eigenvalue weighted by atomic mass is 10.0. The van der Waals surface area contributed by atoms with E-state index in [1.54, 1.807) is 25.4 Å². The minimum Gasteiger partial charge on any atom is -0.465 e. The monoisotopic (exact) mass is 560 g/mol. The molecule has 3 aromatic rings. The van der Waals surface area contributed by atoms with E-state index in [9.17, 15) is 9.59 Å². The van der Waals surface area contributed by atoms with Crippen LogP contribution in [0.15, 0.2) is 29.5 Å². The fourth-order valence-electron chi connectivity index (χ4n) is 3.63. The van der Waals surface area contributed by atoms with E-state index in [1.807, 2.05) is 0 Å². The van der Waals surface area contributed by atoms with Crippen molar-refractivity contribution in [2.75, 3.05) is 27.1 Å². The molecule has 0 spiro atoms. The highest BCUT2D eigenvalue weighted by Crippen LogP contribution is 2.32. The second-order valence-corrected chi connectivity index (χ2v) is 23.0. The number of hydrogen-bond donors (Lipinski definition) is 0. The molecule has 38 heavy (non-hydrogen) atoms. The number of fused-ring (bicyclic) bond motifs is 1. The number of carbonyl (C=O) groups is 1. The van der Waals surface area contributed by atoms with Gasteiger partial charge in [0.25, 0.3) is 5.56 Å². The highest BCUT2D eigenvalue weighted by atomic mass is 28.3. The average molecular weight is 561 g/mol. The molecule has 0 bridgehead atoms. The van der Waals surface area contributed by atoms with E-state index < -0.39 is 22.1 Å². The number of rotatable bonds is 13. The number of benzene rings is 1. The number of hydrogen-bond acceptors (Lipinski definition) is 8. The molecule has 3 rings (SSSR count). The topological polar surface area (TPSA) is 107 Å². The maximum absolute atomic E-state index is 13.5. The molecular formula is C26H40N4O6Si2. The standard InChI is InChI=1S/C26H40N4O6Si2/c1-29-15-21(24(28-29)26(32)33-2)19-13-20-23(22(14-19)36-18-35-10-12-38(6,7)8)27-16-30(25(20)31)17-34-9-11-37(3,4)5/h13-16H,9-12,17-18H2,1-8H3. The van der Waals surface area contributed by atoms with Gasteiger partial charge in [0.2, 0.25) is 0 Å². The Hall–Kier alpha value is -2.81. The summed E-state index contributed by atoms with van der Waals surface area (Å²) in [6.07, 6.45) is 3.18. The van der Waals surface area contributed by atoms with Crippen molar-refractivity contribution in [3.05, 3.63) is 40.7 Å². The maximum atomic E-state index is 13.5. The first-order chi connectivity index (χ1) is 17.8.